The van der Waals surface area contributed by atoms with Crippen LogP contribution in [0.2, 0.25) is 0 Å². The Morgan fingerprint density at radius 1 is 0.833 bits per heavy atom. The molecule has 0 saturated heterocycles. The molecule has 0 aliphatic carbocycles. The highest BCUT2D eigenvalue weighted by Crippen LogP contribution is 2.35. The molecular formula is C16H20OP+. The van der Waals surface area contributed by atoms with Gasteiger partial charge in [-0.1, -0.05) is 50.2 Å². The minimum atomic E-state index is -1.09. The maximum Gasteiger partial charge on any atom is 0.197 e. The summed E-state index contributed by atoms with van der Waals surface area (Å²) in [5.74, 6) is 0.567. The normalized spacial score (nSPS) is 11.1. The van der Waals surface area contributed by atoms with Gasteiger partial charge in [-0.05, 0) is 30.2 Å². The highest BCUT2D eigenvalue weighted by Gasteiger charge is 2.23. The predicted octanol–water partition coefficient (Wildman–Crippen LogP) is 3.44. The monoisotopic (exact) mass is 259 g/mol. The SMILES string of the molecule is CC(C)CO[PH+](c1ccccc1)c1ccccc1. The van der Waals surface area contributed by atoms with Crippen LogP contribution in [-0.4, -0.2) is 6.61 Å². The summed E-state index contributed by atoms with van der Waals surface area (Å²) in [6.07, 6.45) is 0. The van der Waals surface area contributed by atoms with Crippen LogP contribution in [0, 0.1) is 5.92 Å². The van der Waals surface area contributed by atoms with E-state index >= 15 is 0 Å². The summed E-state index contributed by atoms with van der Waals surface area (Å²) in [5, 5.41) is 2.63. The van der Waals surface area contributed by atoms with Crippen molar-refractivity contribution >= 4 is 18.8 Å². The molecule has 0 atom stereocenters. The van der Waals surface area contributed by atoms with Gasteiger partial charge in [0.1, 0.15) is 10.6 Å². The lowest BCUT2D eigenvalue weighted by atomic mass is 10.2. The Bertz CT molecular complexity index is 414. The number of rotatable bonds is 5. The van der Waals surface area contributed by atoms with Crippen LogP contribution >= 0.6 is 8.15 Å². The van der Waals surface area contributed by atoms with Crippen LogP contribution in [0.4, 0.5) is 0 Å². The van der Waals surface area contributed by atoms with Gasteiger partial charge in [0.05, 0.1) is 6.61 Å². The number of hydrogen-bond donors (Lipinski definition) is 0. The standard InChI is InChI=1S/C16H19OP/c1-14(2)13-17-18(15-9-5-3-6-10-15)16-11-7-4-8-12-16/h3-12,14H,13H2,1-2H3/p+1. The van der Waals surface area contributed by atoms with Gasteiger partial charge in [0, 0.05) is 0 Å². The highest BCUT2D eigenvalue weighted by molar-refractivity contribution is 7.68. The van der Waals surface area contributed by atoms with Crippen LogP contribution in [0.15, 0.2) is 60.7 Å². The quantitative estimate of drug-likeness (QED) is 0.747. The van der Waals surface area contributed by atoms with Gasteiger partial charge < -0.3 is 0 Å². The van der Waals surface area contributed by atoms with E-state index in [0.29, 0.717) is 5.92 Å². The first-order chi connectivity index (χ1) is 8.77. The average Bonchev–Trinajstić information content (AvgIpc) is 2.41. The van der Waals surface area contributed by atoms with Crippen molar-refractivity contribution < 1.29 is 4.52 Å². The Labute approximate surface area is 111 Å². The molecule has 2 aromatic carbocycles. The summed E-state index contributed by atoms with van der Waals surface area (Å²) >= 11 is 0. The third kappa shape index (κ3) is 3.66. The zero-order chi connectivity index (χ0) is 12.8. The molecule has 0 N–H and O–H groups in total. The molecule has 94 valence electrons. The zero-order valence-electron chi connectivity index (χ0n) is 11.0. The van der Waals surface area contributed by atoms with Gasteiger partial charge >= 0.3 is 0 Å². The zero-order valence-corrected chi connectivity index (χ0v) is 12.0. The molecule has 0 aliphatic heterocycles. The van der Waals surface area contributed by atoms with E-state index in [1.807, 2.05) is 0 Å². The smallest absolute Gasteiger partial charge is 0.197 e. The fourth-order valence-electron chi connectivity index (χ4n) is 1.76. The van der Waals surface area contributed by atoms with E-state index < -0.39 is 8.15 Å². The lowest BCUT2D eigenvalue weighted by Crippen LogP contribution is -2.15. The van der Waals surface area contributed by atoms with E-state index in [4.69, 9.17) is 4.52 Å². The van der Waals surface area contributed by atoms with Crippen LogP contribution in [0.1, 0.15) is 13.8 Å². The molecule has 0 unspecified atom stereocenters. The summed E-state index contributed by atoms with van der Waals surface area (Å²) in [4.78, 5) is 0. The minimum absolute atomic E-state index is 0.567. The molecule has 2 heteroatoms. The van der Waals surface area contributed by atoms with Crippen molar-refractivity contribution in [3.63, 3.8) is 0 Å². The largest absolute Gasteiger partial charge is 0.229 e. The van der Waals surface area contributed by atoms with Crippen molar-refractivity contribution in [3.05, 3.63) is 60.7 Å². The fourth-order valence-corrected chi connectivity index (χ4v) is 3.92. The Balaban J connectivity index is 2.24. The number of benzene rings is 2. The lowest BCUT2D eigenvalue weighted by Gasteiger charge is -2.11. The van der Waals surface area contributed by atoms with Gasteiger partial charge in [-0.15, -0.1) is 0 Å². The molecule has 0 fully saturated rings. The number of hydrogen-bond acceptors (Lipinski definition) is 1. The van der Waals surface area contributed by atoms with Crippen molar-refractivity contribution in [2.75, 3.05) is 6.61 Å². The van der Waals surface area contributed by atoms with Crippen molar-refractivity contribution in [1.82, 2.24) is 0 Å². The Morgan fingerprint density at radius 3 is 1.67 bits per heavy atom. The molecule has 0 amide bonds. The lowest BCUT2D eigenvalue weighted by molar-refractivity contribution is 0.305. The second-order valence-electron chi connectivity index (χ2n) is 4.77. The van der Waals surface area contributed by atoms with Crippen LogP contribution < -0.4 is 10.6 Å². The van der Waals surface area contributed by atoms with Crippen LogP contribution in [0.3, 0.4) is 0 Å². The van der Waals surface area contributed by atoms with Crippen molar-refractivity contribution in [3.8, 4) is 0 Å². The summed E-state index contributed by atoms with van der Waals surface area (Å²) < 4.78 is 6.18. The average molecular weight is 259 g/mol. The van der Waals surface area contributed by atoms with E-state index in [-0.39, 0.29) is 0 Å². The van der Waals surface area contributed by atoms with E-state index in [2.05, 4.69) is 74.5 Å². The maximum atomic E-state index is 6.18. The van der Waals surface area contributed by atoms with Crippen LogP contribution in [0.25, 0.3) is 0 Å². The maximum absolute atomic E-state index is 6.18. The second kappa shape index (κ2) is 6.68. The fraction of sp³-hybridized carbons (Fsp3) is 0.250. The van der Waals surface area contributed by atoms with Gasteiger partial charge in [0.25, 0.3) is 0 Å². The van der Waals surface area contributed by atoms with Gasteiger partial charge in [-0.2, -0.15) is 0 Å². The molecule has 0 spiro atoms. The molecule has 0 heterocycles. The molecule has 0 radical (unpaired) electrons. The van der Waals surface area contributed by atoms with Gasteiger partial charge in [-0.3, -0.25) is 0 Å². The summed E-state index contributed by atoms with van der Waals surface area (Å²) in [6, 6.07) is 21.1. The summed E-state index contributed by atoms with van der Waals surface area (Å²) in [7, 11) is -1.09. The molecule has 0 aromatic heterocycles. The highest BCUT2D eigenvalue weighted by atomic mass is 31.1. The summed E-state index contributed by atoms with van der Waals surface area (Å²) in [5.41, 5.74) is 0. The van der Waals surface area contributed by atoms with Crippen LogP contribution in [0.5, 0.6) is 0 Å². The van der Waals surface area contributed by atoms with E-state index in [1.54, 1.807) is 0 Å². The Kier molecular flexibility index (Phi) is 4.92. The molecule has 18 heavy (non-hydrogen) atoms. The minimum Gasteiger partial charge on any atom is -0.229 e. The first kappa shape index (κ1) is 13.3. The topological polar surface area (TPSA) is 9.23 Å². The first-order valence-electron chi connectivity index (χ1n) is 6.38. The Morgan fingerprint density at radius 2 is 1.28 bits per heavy atom. The van der Waals surface area contributed by atoms with Gasteiger partial charge in [0.15, 0.2) is 8.15 Å². The van der Waals surface area contributed by atoms with E-state index in [9.17, 15) is 0 Å². The van der Waals surface area contributed by atoms with Gasteiger partial charge in [-0.25, -0.2) is 4.52 Å². The van der Waals surface area contributed by atoms with Crippen molar-refractivity contribution in [2.45, 2.75) is 13.8 Å². The Hall–Kier alpha value is -1.17. The van der Waals surface area contributed by atoms with E-state index in [1.165, 1.54) is 10.6 Å². The van der Waals surface area contributed by atoms with Crippen molar-refractivity contribution in [1.29, 1.82) is 0 Å². The molecule has 0 bridgehead atoms. The molecule has 2 rings (SSSR count). The molecular weight excluding hydrogens is 239 g/mol. The molecule has 0 saturated carbocycles. The summed E-state index contributed by atoms with van der Waals surface area (Å²) in [6.45, 7) is 5.20. The first-order valence-corrected chi connectivity index (χ1v) is 7.79. The van der Waals surface area contributed by atoms with Crippen LogP contribution in [-0.2, 0) is 4.52 Å². The van der Waals surface area contributed by atoms with Crippen molar-refractivity contribution in [2.24, 2.45) is 5.92 Å². The second-order valence-corrected chi connectivity index (χ2v) is 6.87. The third-order valence-electron chi connectivity index (χ3n) is 2.63. The molecule has 1 nitrogen and oxygen atoms in total. The molecule has 2 aromatic rings. The predicted molar refractivity (Wildman–Crippen MR) is 81.3 cm³/mol. The third-order valence-corrected chi connectivity index (χ3v) is 4.80. The molecule has 0 aliphatic rings. The van der Waals surface area contributed by atoms with E-state index in [0.717, 1.165) is 6.61 Å². The van der Waals surface area contributed by atoms with Gasteiger partial charge in [0.2, 0.25) is 0 Å².